The highest BCUT2D eigenvalue weighted by Crippen LogP contribution is 2.26. The van der Waals surface area contributed by atoms with Crippen LogP contribution in [0.25, 0.3) is 0 Å². The van der Waals surface area contributed by atoms with Crippen molar-refractivity contribution >= 4 is 21.7 Å². The summed E-state index contributed by atoms with van der Waals surface area (Å²) in [6.07, 6.45) is 1.64. The largest absolute Gasteiger partial charge is 0.381 e. The minimum absolute atomic E-state index is 0.151. The molecular formula is C12H12BrFO2. The van der Waals surface area contributed by atoms with Gasteiger partial charge in [0.15, 0.2) is 5.78 Å². The summed E-state index contributed by atoms with van der Waals surface area (Å²) in [4.78, 5) is 12.1. The highest BCUT2D eigenvalue weighted by Gasteiger charge is 2.26. The fourth-order valence-electron chi connectivity index (χ4n) is 1.88. The third-order valence-electron chi connectivity index (χ3n) is 2.74. The van der Waals surface area contributed by atoms with Crippen molar-refractivity contribution in [2.75, 3.05) is 13.2 Å². The number of halogens is 2. The molecular weight excluding hydrogens is 275 g/mol. The van der Waals surface area contributed by atoms with E-state index < -0.39 is 5.82 Å². The first kappa shape index (κ1) is 11.7. The van der Waals surface area contributed by atoms with Crippen LogP contribution < -0.4 is 0 Å². The van der Waals surface area contributed by atoms with Gasteiger partial charge in [-0.3, -0.25) is 4.79 Å². The number of benzene rings is 1. The molecule has 0 bridgehead atoms. The van der Waals surface area contributed by atoms with Gasteiger partial charge >= 0.3 is 0 Å². The van der Waals surface area contributed by atoms with Gasteiger partial charge < -0.3 is 4.74 Å². The molecule has 0 amide bonds. The molecule has 1 aromatic carbocycles. The maximum Gasteiger partial charge on any atom is 0.172 e. The van der Waals surface area contributed by atoms with E-state index in [1.807, 2.05) is 0 Å². The lowest BCUT2D eigenvalue weighted by atomic mass is 9.92. The summed E-state index contributed by atoms with van der Waals surface area (Å²) >= 11 is 3.21. The Kier molecular flexibility index (Phi) is 3.71. The zero-order valence-corrected chi connectivity index (χ0v) is 10.3. The van der Waals surface area contributed by atoms with Crippen LogP contribution in [0.4, 0.5) is 4.39 Å². The lowest BCUT2D eigenvalue weighted by Crippen LogP contribution is -2.26. The van der Waals surface area contributed by atoms with Gasteiger partial charge in [-0.15, -0.1) is 0 Å². The normalized spacial score (nSPS) is 20.8. The minimum atomic E-state index is -0.468. The summed E-state index contributed by atoms with van der Waals surface area (Å²) in [6.45, 7) is 1.10. The molecule has 1 heterocycles. The van der Waals surface area contributed by atoms with Crippen molar-refractivity contribution in [3.63, 3.8) is 0 Å². The topological polar surface area (TPSA) is 26.3 Å². The molecule has 1 aliphatic rings. The highest BCUT2D eigenvalue weighted by molar-refractivity contribution is 9.10. The summed E-state index contributed by atoms with van der Waals surface area (Å²) in [5.74, 6) is -0.837. The van der Waals surface area contributed by atoms with E-state index in [2.05, 4.69) is 15.9 Å². The Morgan fingerprint density at radius 3 is 2.94 bits per heavy atom. The Morgan fingerprint density at radius 2 is 2.31 bits per heavy atom. The number of ether oxygens (including phenoxy) is 1. The number of hydrogen-bond donors (Lipinski definition) is 0. The molecule has 1 unspecified atom stereocenters. The number of carbonyl (C=O) groups excluding carboxylic acids is 1. The van der Waals surface area contributed by atoms with Crippen molar-refractivity contribution in [1.82, 2.24) is 0 Å². The fourth-order valence-corrected chi connectivity index (χ4v) is 2.42. The number of carbonyl (C=O) groups is 1. The number of rotatable bonds is 2. The van der Waals surface area contributed by atoms with Gasteiger partial charge in [-0.25, -0.2) is 4.39 Å². The molecule has 1 aromatic rings. The second-order valence-corrected chi connectivity index (χ2v) is 4.73. The molecule has 4 heteroatoms. The maximum absolute atomic E-state index is 13.6. The van der Waals surface area contributed by atoms with Gasteiger partial charge in [-0.05, 0) is 40.9 Å². The van der Waals surface area contributed by atoms with Crippen LogP contribution >= 0.6 is 15.9 Å². The van der Waals surface area contributed by atoms with E-state index in [1.54, 1.807) is 12.1 Å². The Balaban J connectivity index is 2.26. The molecule has 86 valence electrons. The maximum atomic E-state index is 13.6. The second-order valence-electron chi connectivity index (χ2n) is 3.87. The Morgan fingerprint density at radius 1 is 1.50 bits per heavy atom. The molecule has 1 aliphatic heterocycles. The summed E-state index contributed by atoms with van der Waals surface area (Å²) in [7, 11) is 0. The van der Waals surface area contributed by atoms with Crippen molar-refractivity contribution in [3.05, 3.63) is 34.1 Å². The van der Waals surface area contributed by atoms with Crippen LogP contribution in [0.15, 0.2) is 22.7 Å². The van der Waals surface area contributed by atoms with Gasteiger partial charge in [0.1, 0.15) is 5.82 Å². The fraction of sp³-hybridized carbons (Fsp3) is 0.417. The van der Waals surface area contributed by atoms with E-state index in [4.69, 9.17) is 4.74 Å². The zero-order chi connectivity index (χ0) is 11.5. The van der Waals surface area contributed by atoms with Gasteiger partial charge in [0, 0.05) is 17.0 Å². The molecule has 0 spiro atoms. The number of Topliss-reactive ketones (excluding diaryl/α,β-unsaturated/α-hetero) is 1. The highest BCUT2D eigenvalue weighted by atomic mass is 79.9. The van der Waals surface area contributed by atoms with Crippen molar-refractivity contribution in [2.45, 2.75) is 12.8 Å². The first-order valence-corrected chi connectivity index (χ1v) is 6.05. The monoisotopic (exact) mass is 286 g/mol. The van der Waals surface area contributed by atoms with Gasteiger partial charge in [0.2, 0.25) is 0 Å². The molecule has 2 nitrogen and oxygen atoms in total. The van der Waals surface area contributed by atoms with Crippen LogP contribution in [-0.2, 0) is 4.74 Å². The standard InChI is InChI=1S/C12H12BrFO2/c13-9-4-1-5-10(14)11(9)12(15)8-3-2-6-16-7-8/h1,4-5,8H,2-3,6-7H2. The molecule has 2 rings (SSSR count). The third kappa shape index (κ3) is 2.33. The summed E-state index contributed by atoms with van der Waals surface area (Å²) in [5, 5.41) is 0. The van der Waals surface area contributed by atoms with E-state index in [0.717, 1.165) is 12.8 Å². The quantitative estimate of drug-likeness (QED) is 0.781. The second kappa shape index (κ2) is 5.06. The van der Waals surface area contributed by atoms with E-state index in [0.29, 0.717) is 17.7 Å². The zero-order valence-electron chi connectivity index (χ0n) is 8.71. The molecule has 1 atom stereocenters. The Labute approximate surface area is 102 Å². The van der Waals surface area contributed by atoms with Gasteiger partial charge in [0.25, 0.3) is 0 Å². The van der Waals surface area contributed by atoms with Crippen molar-refractivity contribution in [2.24, 2.45) is 5.92 Å². The van der Waals surface area contributed by atoms with Crippen LogP contribution in [0.1, 0.15) is 23.2 Å². The van der Waals surface area contributed by atoms with Crippen LogP contribution in [-0.4, -0.2) is 19.0 Å². The van der Waals surface area contributed by atoms with E-state index in [-0.39, 0.29) is 17.3 Å². The summed E-state index contributed by atoms with van der Waals surface area (Å²) in [6, 6.07) is 4.56. The Hall–Kier alpha value is -0.740. The smallest absolute Gasteiger partial charge is 0.172 e. The number of ketones is 1. The molecule has 0 N–H and O–H groups in total. The molecule has 0 aromatic heterocycles. The SMILES string of the molecule is O=C(c1c(F)cccc1Br)C1CCCOC1. The lowest BCUT2D eigenvalue weighted by Gasteiger charge is -2.21. The first-order valence-electron chi connectivity index (χ1n) is 5.26. The first-order chi connectivity index (χ1) is 7.70. The average molecular weight is 287 g/mol. The van der Waals surface area contributed by atoms with E-state index >= 15 is 0 Å². The molecule has 0 saturated carbocycles. The van der Waals surface area contributed by atoms with E-state index in [1.165, 1.54) is 6.07 Å². The number of hydrogen-bond acceptors (Lipinski definition) is 2. The van der Waals surface area contributed by atoms with Gasteiger partial charge in [0.05, 0.1) is 12.2 Å². The molecule has 16 heavy (non-hydrogen) atoms. The summed E-state index contributed by atoms with van der Waals surface area (Å²) in [5.41, 5.74) is 0.151. The van der Waals surface area contributed by atoms with Crippen LogP contribution in [0.3, 0.4) is 0 Å². The minimum Gasteiger partial charge on any atom is -0.381 e. The molecule has 0 aliphatic carbocycles. The van der Waals surface area contributed by atoms with E-state index in [9.17, 15) is 9.18 Å². The Bertz CT molecular complexity index is 380. The van der Waals surface area contributed by atoms with Crippen molar-refractivity contribution < 1.29 is 13.9 Å². The predicted octanol–water partition coefficient (Wildman–Crippen LogP) is 3.20. The molecule has 1 fully saturated rings. The summed E-state index contributed by atoms with van der Waals surface area (Å²) < 4.78 is 19.3. The van der Waals surface area contributed by atoms with Crippen LogP contribution in [0.2, 0.25) is 0 Å². The van der Waals surface area contributed by atoms with Crippen LogP contribution in [0.5, 0.6) is 0 Å². The van der Waals surface area contributed by atoms with Crippen molar-refractivity contribution in [3.8, 4) is 0 Å². The molecule has 0 radical (unpaired) electrons. The lowest BCUT2D eigenvalue weighted by molar-refractivity contribution is 0.0458. The molecule has 1 saturated heterocycles. The predicted molar refractivity (Wildman–Crippen MR) is 62.0 cm³/mol. The average Bonchev–Trinajstić information content (AvgIpc) is 2.30. The van der Waals surface area contributed by atoms with Crippen molar-refractivity contribution in [1.29, 1.82) is 0 Å². The van der Waals surface area contributed by atoms with Gasteiger partial charge in [-0.1, -0.05) is 6.07 Å². The van der Waals surface area contributed by atoms with Gasteiger partial charge in [-0.2, -0.15) is 0 Å². The third-order valence-corrected chi connectivity index (χ3v) is 3.40. The van der Waals surface area contributed by atoms with Crippen LogP contribution in [0, 0.1) is 11.7 Å².